The van der Waals surface area contributed by atoms with Gasteiger partial charge in [-0.05, 0) is 17.5 Å². The van der Waals surface area contributed by atoms with Crippen LogP contribution in [0.2, 0.25) is 0 Å². The second-order valence-corrected chi connectivity index (χ2v) is 4.69. The van der Waals surface area contributed by atoms with Crippen LogP contribution >= 0.6 is 0 Å². The van der Waals surface area contributed by atoms with Crippen molar-refractivity contribution >= 4 is 11.9 Å². The highest BCUT2D eigenvalue weighted by Gasteiger charge is 2.10. The van der Waals surface area contributed by atoms with Gasteiger partial charge in [-0.3, -0.25) is 9.59 Å². The first-order valence-electron chi connectivity index (χ1n) is 6.77. The van der Waals surface area contributed by atoms with Gasteiger partial charge in [-0.1, -0.05) is 60.7 Å². The number of hydrogen-bond acceptors (Lipinski definition) is 3. The van der Waals surface area contributed by atoms with Crippen molar-refractivity contribution in [3.63, 3.8) is 0 Å². The molecule has 1 atom stereocenters. The number of carboxylic acid groups (broad SMARTS) is 2. The van der Waals surface area contributed by atoms with Gasteiger partial charge in [-0.25, -0.2) is 0 Å². The molecule has 0 amide bonds. The second-order valence-electron chi connectivity index (χ2n) is 4.69. The largest absolute Gasteiger partial charge is 0.481 e. The van der Waals surface area contributed by atoms with Gasteiger partial charge in [0.25, 0.3) is 0 Å². The SMILES string of the molecule is N[C@@H](Cc1ccccc1)C(=O)O.O=C(O)Cc1ccccc1. The van der Waals surface area contributed by atoms with Crippen molar-refractivity contribution in [1.29, 1.82) is 0 Å². The van der Waals surface area contributed by atoms with Crippen molar-refractivity contribution in [1.82, 2.24) is 0 Å². The third kappa shape index (κ3) is 7.21. The van der Waals surface area contributed by atoms with Gasteiger partial charge < -0.3 is 15.9 Å². The molecule has 0 radical (unpaired) electrons. The number of carbonyl (C=O) groups is 2. The molecule has 22 heavy (non-hydrogen) atoms. The fraction of sp³-hybridized carbons (Fsp3) is 0.176. The summed E-state index contributed by atoms with van der Waals surface area (Å²) in [5.74, 6) is -1.75. The lowest BCUT2D eigenvalue weighted by Gasteiger charge is -2.04. The van der Waals surface area contributed by atoms with Crippen molar-refractivity contribution in [2.45, 2.75) is 18.9 Å². The molecule has 2 aromatic rings. The Morgan fingerprint density at radius 2 is 1.32 bits per heavy atom. The Morgan fingerprint density at radius 3 is 1.73 bits per heavy atom. The molecule has 0 heterocycles. The fourth-order valence-corrected chi connectivity index (χ4v) is 1.73. The van der Waals surface area contributed by atoms with Gasteiger partial charge in [0.15, 0.2) is 0 Å². The average Bonchev–Trinajstić information content (AvgIpc) is 2.49. The van der Waals surface area contributed by atoms with E-state index in [4.69, 9.17) is 15.9 Å². The van der Waals surface area contributed by atoms with Gasteiger partial charge in [-0.2, -0.15) is 0 Å². The smallest absolute Gasteiger partial charge is 0.320 e. The summed E-state index contributed by atoms with van der Waals surface area (Å²) in [7, 11) is 0. The van der Waals surface area contributed by atoms with Crippen LogP contribution < -0.4 is 5.73 Å². The quantitative estimate of drug-likeness (QED) is 0.783. The first-order chi connectivity index (χ1) is 10.5. The van der Waals surface area contributed by atoms with Crippen molar-refractivity contribution in [2.24, 2.45) is 5.73 Å². The molecule has 0 aliphatic carbocycles. The van der Waals surface area contributed by atoms with E-state index < -0.39 is 18.0 Å². The Balaban J connectivity index is 0.000000224. The third-order valence-corrected chi connectivity index (χ3v) is 2.81. The normalized spacial score (nSPS) is 11.0. The van der Waals surface area contributed by atoms with Gasteiger partial charge in [0, 0.05) is 0 Å². The number of carboxylic acids is 2. The highest BCUT2D eigenvalue weighted by Crippen LogP contribution is 2.01. The van der Waals surface area contributed by atoms with E-state index in [0.29, 0.717) is 6.42 Å². The van der Waals surface area contributed by atoms with Crippen molar-refractivity contribution in [2.75, 3.05) is 0 Å². The van der Waals surface area contributed by atoms with E-state index in [-0.39, 0.29) is 6.42 Å². The molecule has 0 aliphatic rings. The highest BCUT2D eigenvalue weighted by molar-refractivity contribution is 5.73. The summed E-state index contributed by atoms with van der Waals surface area (Å²) in [5, 5.41) is 16.9. The van der Waals surface area contributed by atoms with Gasteiger partial charge in [0.1, 0.15) is 6.04 Å². The Labute approximate surface area is 129 Å². The molecule has 116 valence electrons. The third-order valence-electron chi connectivity index (χ3n) is 2.81. The van der Waals surface area contributed by atoms with Crippen LogP contribution in [-0.4, -0.2) is 28.2 Å². The molecule has 0 spiro atoms. The zero-order valence-corrected chi connectivity index (χ0v) is 12.1. The number of nitrogens with two attached hydrogens (primary N) is 1. The van der Waals surface area contributed by atoms with E-state index in [1.807, 2.05) is 48.5 Å². The van der Waals surface area contributed by atoms with E-state index >= 15 is 0 Å². The Bertz CT molecular complexity index is 584. The van der Waals surface area contributed by atoms with Crippen molar-refractivity contribution < 1.29 is 19.8 Å². The summed E-state index contributed by atoms with van der Waals surface area (Å²) in [4.78, 5) is 20.5. The molecule has 0 unspecified atom stereocenters. The molecule has 0 saturated heterocycles. The van der Waals surface area contributed by atoms with Crippen LogP contribution in [0.1, 0.15) is 11.1 Å². The molecule has 2 rings (SSSR count). The number of aliphatic carboxylic acids is 2. The van der Waals surface area contributed by atoms with Gasteiger partial charge in [0.2, 0.25) is 0 Å². The molecule has 0 aromatic heterocycles. The monoisotopic (exact) mass is 301 g/mol. The molecule has 0 saturated carbocycles. The fourth-order valence-electron chi connectivity index (χ4n) is 1.73. The zero-order chi connectivity index (χ0) is 16.4. The molecule has 5 nitrogen and oxygen atoms in total. The number of benzene rings is 2. The van der Waals surface area contributed by atoms with E-state index in [1.54, 1.807) is 12.1 Å². The summed E-state index contributed by atoms with van der Waals surface area (Å²) in [6.07, 6.45) is 0.497. The molecule has 4 N–H and O–H groups in total. The molecule has 0 fully saturated rings. The second kappa shape index (κ2) is 9.31. The summed E-state index contributed by atoms with van der Waals surface area (Å²) in [6, 6.07) is 17.7. The molecular formula is C17H19NO4. The molecule has 0 bridgehead atoms. The Morgan fingerprint density at radius 1 is 0.864 bits per heavy atom. The van der Waals surface area contributed by atoms with Crippen LogP contribution in [-0.2, 0) is 22.4 Å². The summed E-state index contributed by atoms with van der Waals surface area (Å²) < 4.78 is 0. The average molecular weight is 301 g/mol. The van der Waals surface area contributed by atoms with Crippen molar-refractivity contribution in [3.8, 4) is 0 Å². The molecule has 2 aromatic carbocycles. The topological polar surface area (TPSA) is 101 Å². The van der Waals surface area contributed by atoms with Gasteiger partial charge >= 0.3 is 11.9 Å². The van der Waals surface area contributed by atoms with Crippen LogP contribution in [0.3, 0.4) is 0 Å². The Hall–Kier alpha value is -2.66. The highest BCUT2D eigenvalue weighted by atomic mass is 16.4. The van der Waals surface area contributed by atoms with E-state index in [1.165, 1.54) is 0 Å². The van der Waals surface area contributed by atoms with E-state index in [9.17, 15) is 9.59 Å². The van der Waals surface area contributed by atoms with Crippen LogP contribution in [0, 0.1) is 0 Å². The maximum atomic E-state index is 10.4. The summed E-state index contributed by atoms with van der Waals surface area (Å²) >= 11 is 0. The number of rotatable bonds is 5. The zero-order valence-electron chi connectivity index (χ0n) is 12.1. The minimum absolute atomic E-state index is 0.112. The van der Waals surface area contributed by atoms with Crippen LogP contribution in [0.15, 0.2) is 60.7 Å². The van der Waals surface area contributed by atoms with Crippen molar-refractivity contribution in [3.05, 3.63) is 71.8 Å². The molecule has 0 aliphatic heterocycles. The lowest BCUT2D eigenvalue weighted by Crippen LogP contribution is -2.32. The maximum absolute atomic E-state index is 10.4. The number of hydrogen-bond donors (Lipinski definition) is 3. The minimum atomic E-state index is -0.959. The molecular weight excluding hydrogens is 282 g/mol. The van der Waals surface area contributed by atoms with E-state index in [2.05, 4.69) is 0 Å². The lowest BCUT2D eigenvalue weighted by atomic mass is 10.1. The predicted molar refractivity (Wildman–Crippen MR) is 83.5 cm³/mol. The standard InChI is InChI=1S/C9H11NO2.C8H8O2/c10-8(9(11)12)6-7-4-2-1-3-5-7;9-8(10)6-7-4-2-1-3-5-7/h1-5,8H,6,10H2,(H,11,12);1-5H,6H2,(H,9,10)/t8-;/m0./s1. The predicted octanol–water partition coefficient (Wildman–Crippen LogP) is 1.95. The summed E-state index contributed by atoms with van der Waals surface area (Å²) in [6.45, 7) is 0. The Kier molecular flexibility index (Phi) is 7.36. The van der Waals surface area contributed by atoms with E-state index in [0.717, 1.165) is 11.1 Å². The minimum Gasteiger partial charge on any atom is -0.481 e. The summed E-state index contributed by atoms with van der Waals surface area (Å²) in [5.41, 5.74) is 7.14. The van der Waals surface area contributed by atoms with Gasteiger partial charge in [0.05, 0.1) is 6.42 Å². The van der Waals surface area contributed by atoms with Crippen LogP contribution in [0.4, 0.5) is 0 Å². The van der Waals surface area contributed by atoms with Gasteiger partial charge in [-0.15, -0.1) is 0 Å². The first-order valence-corrected chi connectivity index (χ1v) is 6.77. The lowest BCUT2D eigenvalue weighted by molar-refractivity contribution is -0.138. The van der Waals surface area contributed by atoms with Crippen LogP contribution in [0.25, 0.3) is 0 Å². The maximum Gasteiger partial charge on any atom is 0.320 e. The van der Waals surface area contributed by atoms with Crippen LogP contribution in [0.5, 0.6) is 0 Å². The first kappa shape index (κ1) is 17.4. The molecule has 5 heteroatoms.